The maximum absolute atomic E-state index is 13.0. The van der Waals surface area contributed by atoms with Crippen molar-refractivity contribution in [3.8, 4) is 5.75 Å². The molecule has 0 bridgehead atoms. The van der Waals surface area contributed by atoms with Crippen molar-refractivity contribution < 1.29 is 19.7 Å². The van der Waals surface area contributed by atoms with Crippen LogP contribution in [0.15, 0.2) is 42.9 Å². The zero-order chi connectivity index (χ0) is 24.8. The van der Waals surface area contributed by atoms with E-state index >= 15 is 0 Å². The number of β-amino-alcohol motifs (C(OH)–C–C–N with tert-alkyl or cyclic N) is 1. The molecule has 1 fully saturated rings. The van der Waals surface area contributed by atoms with Gasteiger partial charge in [-0.3, -0.25) is 4.79 Å². The van der Waals surface area contributed by atoms with Gasteiger partial charge in [-0.1, -0.05) is 17.7 Å². The Hall–Kier alpha value is -3.54. The van der Waals surface area contributed by atoms with E-state index in [-0.39, 0.29) is 31.3 Å². The maximum atomic E-state index is 13.0. The molecule has 0 aliphatic carbocycles. The summed E-state index contributed by atoms with van der Waals surface area (Å²) >= 11 is 6.24. The molecule has 0 spiro atoms. The first-order valence-corrected chi connectivity index (χ1v) is 11.4. The molecule has 3 aromatic rings. The number of carbonyl (C=O) groups is 1. The fraction of sp³-hybridized carbons (Fsp3) is 0.348. The molecule has 1 amide bonds. The van der Waals surface area contributed by atoms with Gasteiger partial charge in [0.1, 0.15) is 23.0 Å². The number of hydrogen-bond donors (Lipinski definition) is 4. The van der Waals surface area contributed by atoms with Crippen molar-refractivity contribution in [1.29, 1.82) is 0 Å². The van der Waals surface area contributed by atoms with E-state index in [0.29, 0.717) is 41.3 Å². The van der Waals surface area contributed by atoms with Gasteiger partial charge in [-0.2, -0.15) is 4.98 Å². The second kappa shape index (κ2) is 11.3. The number of benzene rings is 1. The Morgan fingerprint density at radius 3 is 2.77 bits per heavy atom. The average molecular weight is 500 g/mol. The molecule has 1 saturated heterocycles. The van der Waals surface area contributed by atoms with E-state index in [1.165, 1.54) is 6.20 Å². The highest BCUT2D eigenvalue weighted by Gasteiger charge is 2.32. The van der Waals surface area contributed by atoms with Crippen molar-refractivity contribution in [2.45, 2.75) is 31.7 Å². The fourth-order valence-electron chi connectivity index (χ4n) is 3.80. The molecule has 2 atom stereocenters. The Labute approximate surface area is 207 Å². The molecule has 35 heavy (non-hydrogen) atoms. The monoisotopic (exact) mass is 499 g/mol. The first kappa shape index (κ1) is 24.6. The number of anilines is 2. The lowest BCUT2D eigenvalue weighted by molar-refractivity contribution is 0.0950. The molecule has 4 N–H and O–H groups in total. The summed E-state index contributed by atoms with van der Waals surface area (Å²) in [6.07, 6.45) is 4.43. The topological polar surface area (TPSA) is 146 Å². The molecule has 1 aliphatic heterocycles. The van der Waals surface area contributed by atoms with Crippen LogP contribution in [0.3, 0.4) is 0 Å². The summed E-state index contributed by atoms with van der Waals surface area (Å²) in [5.41, 5.74) is 1.08. The number of hydrogen-bond acceptors (Lipinski definition) is 10. The third-order valence-electron chi connectivity index (χ3n) is 5.58. The molecule has 11 nitrogen and oxygen atoms in total. The summed E-state index contributed by atoms with van der Waals surface area (Å²) in [5.74, 6) is 1.23. The van der Waals surface area contributed by atoms with Gasteiger partial charge in [-0.05, 0) is 30.2 Å². The van der Waals surface area contributed by atoms with E-state index in [1.807, 2.05) is 6.07 Å². The van der Waals surface area contributed by atoms with Crippen molar-refractivity contribution in [1.82, 2.24) is 25.3 Å². The second-order valence-electron chi connectivity index (χ2n) is 7.98. The quantitative estimate of drug-likeness (QED) is 0.340. The molecule has 1 aromatic carbocycles. The van der Waals surface area contributed by atoms with Gasteiger partial charge in [-0.25, -0.2) is 15.0 Å². The van der Waals surface area contributed by atoms with E-state index in [0.717, 1.165) is 5.56 Å². The van der Waals surface area contributed by atoms with Crippen molar-refractivity contribution >= 4 is 29.3 Å². The van der Waals surface area contributed by atoms with Crippen LogP contribution in [0.25, 0.3) is 0 Å². The molecule has 3 heterocycles. The minimum atomic E-state index is -0.595. The molecule has 184 valence electrons. The first-order chi connectivity index (χ1) is 17.0. The highest BCUT2D eigenvalue weighted by Crippen LogP contribution is 2.27. The predicted octanol–water partition coefficient (Wildman–Crippen LogP) is 1.40. The third kappa shape index (κ3) is 5.94. The lowest BCUT2D eigenvalue weighted by Gasteiger charge is -2.23. The minimum absolute atomic E-state index is 0.139. The number of aliphatic hydroxyl groups excluding tert-OH is 2. The van der Waals surface area contributed by atoms with Gasteiger partial charge in [-0.15, -0.1) is 0 Å². The Kier molecular flexibility index (Phi) is 7.91. The van der Waals surface area contributed by atoms with Gasteiger partial charge in [0.15, 0.2) is 0 Å². The van der Waals surface area contributed by atoms with Crippen LogP contribution in [0.4, 0.5) is 11.8 Å². The molecular weight excluding hydrogens is 474 g/mol. The van der Waals surface area contributed by atoms with Gasteiger partial charge in [0.05, 0.1) is 37.4 Å². The van der Waals surface area contributed by atoms with Crippen LogP contribution < -0.4 is 20.3 Å². The highest BCUT2D eigenvalue weighted by atomic mass is 35.5. The van der Waals surface area contributed by atoms with Crippen molar-refractivity contribution in [3.05, 3.63) is 64.8 Å². The summed E-state index contributed by atoms with van der Waals surface area (Å²) in [7, 11) is 1.54. The lowest BCUT2D eigenvalue weighted by atomic mass is 10.2. The third-order valence-corrected chi connectivity index (χ3v) is 5.88. The highest BCUT2D eigenvalue weighted by molar-refractivity contribution is 6.32. The first-order valence-electron chi connectivity index (χ1n) is 11.0. The van der Waals surface area contributed by atoms with E-state index in [9.17, 15) is 15.0 Å². The number of methoxy groups -OCH3 is 1. The SMILES string of the molecule is COc1ccc(CNc2nc(N3C[C@@H](O)C[C@H]3CO)ncc2C(=O)NCc2ncccn2)cc1Cl. The normalized spacial score (nSPS) is 17.3. The molecule has 0 unspecified atom stereocenters. The zero-order valence-corrected chi connectivity index (χ0v) is 19.8. The Bertz CT molecular complexity index is 1170. The number of aromatic nitrogens is 4. The number of nitrogens with one attached hydrogen (secondary N) is 2. The average Bonchev–Trinajstić information content (AvgIpc) is 3.27. The Morgan fingerprint density at radius 1 is 1.26 bits per heavy atom. The van der Waals surface area contributed by atoms with Crippen molar-refractivity contribution in [2.75, 3.05) is 30.5 Å². The smallest absolute Gasteiger partial charge is 0.256 e. The summed E-state index contributed by atoms with van der Waals surface area (Å²) in [6.45, 7) is 0.608. The van der Waals surface area contributed by atoms with E-state index < -0.39 is 12.0 Å². The van der Waals surface area contributed by atoms with E-state index in [1.54, 1.807) is 42.6 Å². The molecule has 0 saturated carbocycles. The predicted molar refractivity (Wildman–Crippen MR) is 129 cm³/mol. The van der Waals surface area contributed by atoms with Crippen LogP contribution in [0, 0.1) is 0 Å². The molecule has 1 aliphatic rings. The molecule has 4 rings (SSSR count). The van der Waals surface area contributed by atoms with E-state index in [4.69, 9.17) is 16.3 Å². The Balaban J connectivity index is 1.58. The van der Waals surface area contributed by atoms with Crippen LogP contribution in [0.2, 0.25) is 5.02 Å². The molecule has 12 heteroatoms. The minimum Gasteiger partial charge on any atom is -0.495 e. The second-order valence-corrected chi connectivity index (χ2v) is 8.39. The number of aliphatic hydroxyl groups is 2. The zero-order valence-electron chi connectivity index (χ0n) is 19.1. The van der Waals surface area contributed by atoms with Crippen LogP contribution >= 0.6 is 11.6 Å². The lowest BCUT2D eigenvalue weighted by Crippen LogP contribution is -2.34. The summed E-state index contributed by atoms with van der Waals surface area (Å²) in [4.78, 5) is 31.8. The number of halogens is 1. The summed E-state index contributed by atoms with van der Waals surface area (Å²) < 4.78 is 5.20. The molecule has 0 radical (unpaired) electrons. The van der Waals surface area contributed by atoms with Crippen molar-refractivity contribution in [2.24, 2.45) is 0 Å². The van der Waals surface area contributed by atoms with Gasteiger partial charge in [0, 0.05) is 31.7 Å². The Morgan fingerprint density at radius 2 is 2.06 bits per heavy atom. The van der Waals surface area contributed by atoms with E-state index in [2.05, 4.69) is 30.6 Å². The largest absolute Gasteiger partial charge is 0.495 e. The summed E-state index contributed by atoms with van der Waals surface area (Å²) in [6, 6.07) is 6.76. The number of rotatable bonds is 9. The van der Waals surface area contributed by atoms with Gasteiger partial charge in [0.25, 0.3) is 5.91 Å². The van der Waals surface area contributed by atoms with Gasteiger partial charge < -0.3 is 30.5 Å². The number of amides is 1. The maximum Gasteiger partial charge on any atom is 0.256 e. The number of ether oxygens (including phenoxy) is 1. The summed E-state index contributed by atoms with van der Waals surface area (Å²) in [5, 5.41) is 26.2. The molecular formula is C23H26ClN7O4. The number of carbonyl (C=O) groups excluding carboxylic acids is 1. The fourth-order valence-corrected chi connectivity index (χ4v) is 4.08. The number of nitrogens with zero attached hydrogens (tertiary/aromatic N) is 5. The standard InChI is InChI=1S/C23H26ClN7O4/c1-35-19-4-3-14(7-18(19)24)9-27-21-17(22(34)28-11-20-25-5-2-6-26-20)10-29-23(30-21)31-12-16(33)8-15(31)13-32/h2-7,10,15-16,32-33H,8-9,11-13H2,1H3,(H,28,34)(H,27,29,30)/t15-,16-/m0/s1. The molecule has 2 aromatic heterocycles. The van der Waals surface area contributed by atoms with Crippen LogP contribution in [0.1, 0.15) is 28.2 Å². The van der Waals surface area contributed by atoms with Crippen molar-refractivity contribution in [3.63, 3.8) is 0 Å². The van der Waals surface area contributed by atoms with Gasteiger partial charge >= 0.3 is 0 Å². The van der Waals surface area contributed by atoms with Gasteiger partial charge in [0.2, 0.25) is 5.95 Å². The van der Waals surface area contributed by atoms with Crippen LogP contribution in [-0.2, 0) is 13.1 Å². The van der Waals surface area contributed by atoms with Crippen LogP contribution in [0.5, 0.6) is 5.75 Å². The van der Waals surface area contributed by atoms with Crippen LogP contribution in [-0.4, -0.2) is 68.5 Å².